The van der Waals surface area contributed by atoms with E-state index in [0.29, 0.717) is 0 Å². The van der Waals surface area contributed by atoms with Crippen molar-refractivity contribution in [1.82, 2.24) is 0 Å². The molecular formula is C9H13BrGe. The fourth-order valence-corrected chi connectivity index (χ4v) is 7.37. The van der Waals surface area contributed by atoms with Crippen molar-refractivity contribution in [2.24, 2.45) is 0 Å². The Kier molecular flexibility index (Phi) is 2.81. The van der Waals surface area contributed by atoms with Crippen LogP contribution in [0.1, 0.15) is 0 Å². The van der Waals surface area contributed by atoms with Crippen molar-refractivity contribution >= 4 is 33.6 Å². The molecule has 0 spiro atoms. The minimum atomic E-state index is -1.60. The molecule has 2 heteroatoms. The number of rotatable bonds is 1. The first-order valence-electron chi connectivity index (χ1n) is 3.77. The van der Waals surface area contributed by atoms with E-state index in [-0.39, 0.29) is 0 Å². The second-order valence-electron chi connectivity index (χ2n) is 3.73. The van der Waals surface area contributed by atoms with Gasteiger partial charge < -0.3 is 0 Å². The van der Waals surface area contributed by atoms with Gasteiger partial charge in [-0.3, -0.25) is 0 Å². The first-order chi connectivity index (χ1) is 5.02. The van der Waals surface area contributed by atoms with Crippen LogP contribution in [-0.2, 0) is 0 Å². The second-order valence-corrected chi connectivity index (χ2v) is 15.2. The van der Waals surface area contributed by atoms with Crippen molar-refractivity contribution in [2.45, 2.75) is 17.3 Å². The van der Waals surface area contributed by atoms with Gasteiger partial charge in [-0.1, -0.05) is 0 Å². The Morgan fingerprint density at radius 2 is 1.64 bits per heavy atom. The summed E-state index contributed by atoms with van der Waals surface area (Å²) in [5.41, 5.74) is 0. The third-order valence-electron chi connectivity index (χ3n) is 1.68. The van der Waals surface area contributed by atoms with Crippen LogP contribution in [0.3, 0.4) is 0 Å². The van der Waals surface area contributed by atoms with Crippen LogP contribution in [0.4, 0.5) is 0 Å². The summed E-state index contributed by atoms with van der Waals surface area (Å²) < 4.78 is 2.83. The zero-order valence-corrected chi connectivity index (χ0v) is 10.9. The van der Waals surface area contributed by atoms with E-state index in [1.54, 1.807) is 4.40 Å². The maximum absolute atomic E-state index is 3.58. The van der Waals surface area contributed by atoms with Crippen LogP contribution in [0.5, 0.6) is 0 Å². The second kappa shape index (κ2) is 3.32. The molecule has 0 aliphatic carbocycles. The van der Waals surface area contributed by atoms with Crippen molar-refractivity contribution in [3.05, 3.63) is 28.7 Å². The molecule has 1 rings (SSSR count). The molecular weight excluding hydrogens is 261 g/mol. The van der Waals surface area contributed by atoms with Crippen molar-refractivity contribution in [3.8, 4) is 0 Å². The summed E-state index contributed by atoms with van der Waals surface area (Å²) in [4.78, 5) is 0. The van der Waals surface area contributed by atoms with Crippen molar-refractivity contribution in [1.29, 1.82) is 0 Å². The molecule has 1 aromatic rings. The number of hydrogen-bond donors (Lipinski definition) is 0. The molecule has 0 aliphatic heterocycles. The van der Waals surface area contributed by atoms with Crippen LogP contribution in [0, 0.1) is 0 Å². The predicted molar refractivity (Wildman–Crippen MR) is 57.1 cm³/mol. The molecule has 11 heavy (non-hydrogen) atoms. The molecule has 0 bridgehead atoms. The van der Waals surface area contributed by atoms with E-state index < -0.39 is 13.3 Å². The summed E-state index contributed by atoms with van der Waals surface area (Å²) in [5.74, 6) is 7.21. The zero-order valence-electron chi connectivity index (χ0n) is 7.19. The van der Waals surface area contributed by atoms with E-state index in [0.717, 1.165) is 0 Å². The molecule has 0 fully saturated rings. The van der Waals surface area contributed by atoms with E-state index in [1.165, 1.54) is 4.47 Å². The summed E-state index contributed by atoms with van der Waals surface area (Å²) in [7, 11) is 0. The van der Waals surface area contributed by atoms with Gasteiger partial charge in [0.25, 0.3) is 0 Å². The van der Waals surface area contributed by atoms with Gasteiger partial charge in [-0.15, -0.1) is 0 Å². The molecule has 0 saturated heterocycles. The molecule has 0 saturated carbocycles. The first kappa shape index (κ1) is 9.33. The molecule has 0 atom stereocenters. The molecule has 0 unspecified atom stereocenters. The number of hydrogen-bond acceptors (Lipinski definition) is 0. The molecule has 0 aromatic heterocycles. The monoisotopic (exact) mass is 274 g/mol. The average molecular weight is 274 g/mol. The molecule has 0 N–H and O–H groups in total. The number of benzene rings is 1. The zero-order chi connectivity index (χ0) is 8.48. The topological polar surface area (TPSA) is 0 Å². The Balaban J connectivity index is 3.14. The minimum absolute atomic E-state index is 1.28. The van der Waals surface area contributed by atoms with Crippen molar-refractivity contribution in [2.75, 3.05) is 0 Å². The standard InChI is InChI=1S/C9H13BrGe/c1-11(2,3)9-7-5-4-6-8(9)10/h4-7H,1-3H3. The fourth-order valence-electron chi connectivity index (χ4n) is 1.07. The van der Waals surface area contributed by atoms with E-state index in [2.05, 4.69) is 57.5 Å². The Morgan fingerprint density at radius 1 is 1.09 bits per heavy atom. The maximum atomic E-state index is 3.58. The Bertz CT molecular complexity index is 250. The van der Waals surface area contributed by atoms with E-state index in [4.69, 9.17) is 0 Å². The predicted octanol–water partition coefficient (Wildman–Crippen LogP) is 2.99. The Labute approximate surface area is 79.5 Å². The van der Waals surface area contributed by atoms with Gasteiger partial charge in [0.2, 0.25) is 0 Å². The van der Waals surface area contributed by atoms with Crippen molar-refractivity contribution in [3.63, 3.8) is 0 Å². The number of halogens is 1. The van der Waals surface area contributed by atoms with Gasteiger partial charge in [0.15, 0.2) is 0 Å². The van der Waals surface area contributed by atoms with Crippen LogP contribution in [0.25, 0.3) is 0 Å². The Hall–Kier alpha value is 0.243. The van der Waals surface area contributed by atoms with Gasteiger partial charge in [0, 0.05) is 0 Å². The third kappa shape index (κ3) is 2.34. The fraction of sp³-hybridized carbons (Fsp3) is 0.333. The van der Waals surface area contributed by atoms with Gasteiger partial charge in [0.05, 0.1) is 0 Å². The molecule has 60 valence electrons. The quantitative estimate of drug-likeness (QED) is 0.690. The van der Waals surface area contributed by atoms with Crippen molar-refractivity contribution < 1.29 is 0 Å². The molecule has 0 amide bonds. The molecule has 0 radical (unpaired) electrons. The first-order valence-corrected chi connectivity index (χ1v) is 11.9. The van der Waals surface area contributed by atoms with Gasteiger partial charge >= 0.3 is 79.6 Å². The van der Waals surface area contributed by atoms with Crippen LogP contribution < -0.4 is 4.40 Å². The van der Waals surface area contributed by atoms with Crippen LogP contribution >= 0.6 is 15.9 Å². The molecule has 0 nitrogen and oxygen atoms in total. The SMILES string of the molecule is [CH3][Ge]([CH3])([CH3])[c]1ccccc1Br. The van der Waals surface area contributed by atoms with Gasteiger partial charge in [-0.2, -0.15) is 0 Å². The Morgan fingerprint density at radius 3 is 2.00 bits per heavy atom. The van der Waals surface area contributed by atoms with Crippen LogP contribution in [0.15, 0.2) is 28.7 Å². The molecule has 0 heterocycles. The van der Waals surface area contributed by atoms with Gasteiger partial charge in [-0.25, -0.2) is 0 Å². The van der Waals surface area contributed by atoms with Gasteiger partial charge in [-0.05, 0) is 0 Å². The van der Waals surface area contributed by atoms with Crippen LogP contribution in [-0.4, -0.2) is 13.3 Å². The molecule has 0 aliphatic rings. The average Bonchev–Trinajstić information content (AvgIpc) is 1.86. The summed E-state index contributed by atoms with van der Waals surface area (Å²) in [6, 6.07) is 8.56. The summed E-state index contributed by atoms with van der Waals surface area (Å²) >= 11 is 1.98. The molecule has 1 aromatic carbocycles. The van der Waals surface area contributed by atoms with Gasteiger partial charge in [0.1, 0.15) is 0 Å². The summed E-state index contributed by atoms with van der Waals surface area (Å²) in [6.07, 6.45) is 0. The normalized spacial score (nSPS) is 11.6. The summed E-state index contributed by atoms with van der Waals surface area (Å²) in [5, 5.41) is 0. The van der Waals surface area contributed by atoms with E-state index in [1.807, 2.05) is 0 Å². The van der Waals surface area contributed by atoms with E-state index >= 15 is 0 Å². The van der Waals surface area contributed by atoms with E-state index in [9.17, 15) is 0 Å². The van der Waals surface area contributed by atoms with Crippen LogP contribution in [0.2, 0.25) is 17.3 Å². The summed E-state index contributed by atoms with van der Waals surface area (Å²) in [6.45, 7) is 0. The third-order valence-corrected chi connectivity index (χ3v) is 7.45.